The van der Waals surface area contributed by atoms with Gasteiger partial charge in [-0.25, -0.2) is 0 Å². The molecule has 2 amide bonds. The summed E-state index contributed by atoms with van der Waals surface area (Å²) in [7, 11) is 0. The number of nitro benzene ring substituents is 1. The second-order valence-electron chi connectivity index (χ2n) is 7.90. The predicted molar refractivity (Wildman–Crippen MR) is 135 cm³/mol. The van der Waals surface area contributed by atoms with Gasteiger partial charge in [0.05, 0.1) is 11.5 Å². The summed E-state index contributed by atoms with van der Waals surface area (Å²) >= 11 is 1.57. The molecule has 0 unspecified atom stereocenters. The molecule has 0 radical (unpaired) electrons. The highest BCUT2D eigenvalue weighted by atomic mass is 32.1. The summed E-state index contributed by atoms with van der Waals surface area (Å²) in [6, 6.07) is 19.2. The van der Waals surface area contributed by atoms with E-state index < -0.39 is 10.8 Å². The Bertz CT molecular complexity index is 1110. The Morgan fingerprint density at radius 2 is 1.80 bits per heavy atom. The van der Waals surface area contributed by atoms with Crippen molar-refractivity contribution in [3.8, 4) is 0 Å². The lowest BCUT2D eigenvalue weighted by Crippen LogP contribution is -2.43. The van der Waals surface area contributed by atoms with E-state index in [1.54, 1.807) is 16.2 Å². The molecule has 0 N–H and O–H groups in total. The highest BCUT2D eigenvalue weighted by Crippen LogP contribution is 2.18. The van der Waals surface area contributed by atoms with Gasteiger partial charge in [-0.15, -0.1) is 11.3 Å². The van der Waals surface area contributed by atoms with Crippen molar-refractivity contribution in [3.05, 3.63) is 98.2 Å². The molecule has 0 fully saturated rings. The van der Waals surface area contributed by atoms with E-state index in [0.717, 1.165) is 10.4 Å². The Labute approximate surface area is 208 Å². The lowest BCUT2D eigenvalue weighted by atomic mass is 10.1. The van der Waals surface area contributed by atoms with E-state index >= 15 is 0 Å². The number of nitrogens with zero attached hydrogens (tertiary/aromatic N) is 3. The molecule has 3 aromatic rings. The fourth-order valence-corrected chi connectivity index (χ4v) is 4.30. The fourth-order valence-electron chi connectivity index (χ4n) is 3.58. The molecule has 9 heteroatoms. The zero-order chi connectivity index (χ0) is 25.0. The molecule has 8 nitrogen and oxygen atoms in total. The number of hydrogen-bond donors (Lipinski definition) is 0. The monoisotopic (exact) mass is 495 g/mol. The summed E-state index contributed by atoms with van der Waals surface area (Å²) in [5.74, 6) is -0.619. The van der Waals surface area contributed by atoms with Gasteiger partial charge in [-0.3, -0.25) is 19.7 Å². The molecule has 2 aromatic carbocycles. The Morgan fingerprint density at radius 3 is 2.49 bits per heavy atom. The summed E-state index contributed by atoms with van der Waals surface area (Å²) < 4.78 is 5.40. The zero-order valence-corrected chi connectivity index (χ0v) is 20.5. The molecular formula is C26H29N3O5S. The van der Waals surface area contributed by atoms with Gasteiger partial charge in [-0.2, -0.15) is 0 Å². The minimum Gasteiger partial charge on any atom is -0.382 e. The molecule has 3 rings (SSSR count). The van der Waals surface area contributed by atoms with Crippen LogP contribution in [0.15, 0.2) is 72.1 Å². The third-order valence-electron chi connectivity index (χ3n) is 5.33. The summed E-state index contributed by atoms with van der Waals surface area (Å²) in [5, 5.41) is 13.2. The maximum Gasteiger partial charge on any atom is 0.270 e. The van der Waals surface area contributed by atoms with Gasteiger partial charge in [0.25, 0.3) is 11.6 Å². The first-order valence-electron chi connectivity index (χ1n) is 11.4. The standard InChI is InChI=1S/C26H29N3O5S/c1-2-34-15-8-14-27(26(31)22-11-6-12-23(17-22)29(32)33)20-25(30)28(19-24-13-7-16-35-24)18-21-9-4-3-5-10-21/h3-7,9-13,16-17H,2,8,14-15,18-20H2,1H3. The van der Waals surface area contributed by atoms with E-state index in [4.69, 9.17) is 4.74 Å². The van der Waals surface area contributed by atoms with Gasteiger partial charge in [0.2, 0.25) is 5.91 Å². The van der Waals surface area contributed by atoms with Gasteiger partial charge >= 0.3 is 0 Å². The third-order valence-corrected chi connectivity index (χ3v) is 6.20. The number of non-ortho nitro benzene ring substituents is 1. The second kappa shape index (κ2) is 13.4. The maximum absolute atomic E-state index is 13.5. The van der Waals surface area contributed by atoms with E-state index in [1.165, 1.54) is 29.2 Å². The van der Waals surface area contributed by atoms with Crippen molar-refractivity contribution in [2.75, 3.05) is 26.3 Å². The number of hydrogen-bond acceptors (Lipinski definition) is 6. The normalized spacial score (nSPS) is 10.7. The number of nitro groups is 1. The summed E-state index contributed by atoms with van der Waals surface area (Å²) in [4.78, 5) is 41.7. The molecule has 0 saturated carbocycles. The summed E-state index contributed by atoms with van der Waals surface area (Å²) in [5.41, 5.74) is 1.00. The third kappa shape index (κ3) is 8.01. The first-order valence-corrected chi connectivity index (χ1v) is 12.3. The number of thiophene rings is 1. The van der Waals surface area contributed by atoms with Crippen molar-refractivity contribution in [2.45, 2.75) is 26.4 Å². The molecule has 1 aromatic heterocycles. The van der Waals surface area contributed by atoms with Gasteiger partial charge in [-0.1, -0.05) is 42.5 Å². The Balaban J connectivity index is 1.80. The predicted octanol–water partition coefficient (Wildman–Crippen LogP) is 4.75. The first-order chi connectivity index (χ1) is 17.0. The van der Waals surface area contributed by atoms with E-state index in [2.05, 4.69) is 0 Å². The lowest BCUT2D eigenvalue weighted by molar-refractivity contribution is -0.384. The van der Waals surface area contributed by atoms with Crippen LogP contribution in [-0.4, -0.2) is 52.8 Å². The quantitative estimate of drug-likeness (QED) is 0.194. The van der Waals surface area contributed by atoms with Crippen molar-refractivity contribution >= 4 is 28.8 Å². The Morgan fingerprint density at radius 1 is 1.00 bits per heavy atom. The van der Waals surface area contributed by atoms with Crippen LogP contribution in [0.3, 0.4) is 0 Å². The largest absolute Gasteiger partial charge is 0.382 e. The molecular weight excluding hydrogens is 466 g/mol. The summed E-state index contributed by atoms with van der Waals surface area (Å²) in [6.07, 6.45) is 0.547. The van der Waals surface area contributed by atoms with Crippen LogP contribution in [0.4, 0.5) is 5.69 Å². The van der Waals surface area contributed by atoms with E-state index in [1.807, 2.05) is 54.8 Å². The van der Waals surface area contributed by atoms with Crippen LogP contribution in [-0.2, 0) is 22.6 Å². The van der Waals surface area contributed by atoms with E-state index in [0.29, 0.717) is 39.3 Å². The van der Waals surface area contributed by atoms with Gasteiger partial charge in [0.1, 0.15) is 6.54 Å². The van der Waals surface area contributed by atoms with Crippen molar-refractivity contribution in [1.82, 2.24) is 9.80 Å². The van der Waals surface area contributed by atoms with E-state index in [-0.39, 0.29) is 23.7 Å². The molecule has 0 atom stereocenters. The number of amides is 2. The number of benzene rings is 2. The highest BCUT2D eigenvalue weighted by molar-refractivity contribution is 7.09. The minimum absolute atomic E-state index is 0.133. The summed E-state index contributed by atoms with van der Waals surface area (Å²) in [6.45, 7) is 3.91. The van der Waals surface area contributed by atoms with Crippen molar-refractivity contribution in [1.29, 1.82) is 0 Å². The second-order valence-corrected chi connectivity index (χ2v) is 8.93. The molecule has 0 saturated heterocycles. The van der Waals surface area contributed by atoms with Crippen LogP contribution in [0, 0.1) is 10.1 Å². The number of ether oxygens (including phenoxy) is 1. The van der Waals surface area contributed by atoms with Crippen molar-refractivity contribution in [3.63, 3.8) is 0 Å². The van der Waals surface area contributed by atoms with Crippen LogP contribution < -0.4 is 0 Å². The topological polar surface area (TPSA) is 93.0 Å². The van der Waals surface area contributed by atoms with Crippen LogP contribution in [0.25, 0.3) is 0 Å². The maximum atomic E-state index is 13.5. The minimum atomic E-state index is -0.538. The van der Waals surface area contributed by atoms with Gasteiger partial charge in [-0.05, 0) is 36.4 Å². The van der Waals surface area contributed by atoms with E-state index in [9.17, 15) is 19.7 Å². The van der Waals surface area contributed by atoms with Crippen LogP contribution in [0.1, 0.15) is 34.1 Å². The van der Waals surface area contributed by atoms with Crippen LogP contribution in [0.5, 0.6) is 0 Å². The van der Waals surface area contributed by atoms with Crippen molar-refractivity contribution < 1.29 is 19.2 Å². The highest BCUT2D eigenvalue weighted by Gasteiger charge is 2.24. The number of carbonyl (C=O) groups is 2. The zero-order valence-electron chi connectivity index (χ0n) is 19.7. The molecule has 0 aliphatic heterocycles. The van der Waals surface area contributed by atoms with Gasteiger partial charge < -0.3 is 14.5 Å². The first kappa shape index (κ1) is 26.1. The lowest BCUT2D eigenvalue weighted by Gasteiger charge is -2.28. The fraction of sp³-hybridized carbons (Fsp3) is 0.308. The molecule has 0 spiro atoms. The van der Waals surface area contributed by atoms with Crippen LogP contribution in [0.2, 0.25) is 0 Å². The number of rotatable bonds is 13. The van der Waals surface area contributed by atoms with Gasteiger partial charge in [0, 0.05) is 48.9 Å². The SMILES string of the molecule is CCOCCCN(CC(=O)N(Cc1ccccc1)Cc1cccs1)C(=O)c1cccc([N+](=O)[O-])c1. The smallest absolute Gasteiger partial charge is 0.270 e. The molecule has 0 aliphatic rings. The van der Waals surface area contributed by atoms with Crippen LogP contribution >= 0.6 is 11.3 Å². The Kier molecular flexibility index (Phi) is 9.94. The average Bonchev–Trinajstić information content (AvgIpc) is 3.39. The van der Waals surface area contributed by atoms with Gasteiger partial charge in [0.15, 0.2) is 0 Å². The molecule has 35 heavy (non-hydrogen) atoms. The molecule has 0 bridgehead atoms. The molecule has 0 aliphatic carbocycles. The number of carbonyl (C=O) groups excluding carboxylic acids is 2. The van der Waals surface area contributed by atoms with Crippen molar-refractivity contribution in [2.24, 2.45) is 0 Å². The molecule has 1 heterocycles. The average molecular weight is 496 g/mol. The molecule has 184 valence electrons. The Hall–Kier alpha value is -3.56.